The van der Waals surface area contributed by atoms with Crippen LogP contribution in [0.5, 0.6) is 5.75 Å². The number of aromatic hydroxyl groups is 1. The van der Waals surface area contributed by atoms with E-state index in [1.807, 2.05) is 4.90 Å². The van der Waals surface area contributed by atoms with E-state index in [1.165, 1.54) is 26.0 Å². The maximum Gasteiger partial charge on any atom is 0.255 e. The van der Waals surface area contributed by atoms with E-state index in [4.69, 9.17) is 5.73 Å². The van der Waals surface area contributed by atoms with Crippen LogP contribution in [-0.2, 0) is 20.8 Å². The fourth-order valence-corrected chi connectivity index (χ4v) is 6.89. The van der Waals surface area contributed by atoms with Gasteiger partial charge in [-0.1, -0.05) is 0 Å². The van der Waals surface area contributed by atoms with Crippen LogP contribution in [0.1, 0.15) is 35.2 Å². The summed E-state index contributed by atoms with van der Waals surface area (Å²) < 4.78 is 15.5. The zero-order valence-corrected chi connectivity index (χ0v) is 23.0. The molecule has 1 aliphatic heterocycles. The molecule has 2 amide bonds. The molecule has 0 unspecified atom stereocenters. The van der Waals surface area contributed by atoms with Gasteiger partial charge in [0, 0.05) is 30.2 Å². The zero-order valence-electron chi connectivity index (χ0n) is 23.0. The van der Waals surface area contributed by atoms with Crippen LogP contribution >= 0.6 is 0 Å². The van der Waals surface area contributed by atoms with Gasteiger partial charge >= 0.3 is 0 Å². The number of aliphatic hydroxyl groups excluding tert-OH is 2. The first-order valence-corrected chi connectivity index (χ1v) is 13.4. The molecule has 0 radical (unpaired) electrons. The number of fused-ring (bicyclic) bond motifs is 3. The minimum absolute atomic E-state index is 0.0444. The van der Waals surface area contributed by atoms with Crippen LogP contribution in [0.15, 0.2) is 28.7 Å². The molecule has 1 saturated heterocycles. The van der Waals surface area contributed by atoms with Crippen molar-refractivity contribution < 1.29 is 44.0 Å². The van der Waals surface area contributed by atoms with Gasteiger partial charge in [-0.2, -0.15) is 0 Å². The van der Waals surface area contributed by atoms with Gasteiger partial charge in [-0.25, -0.2) is 4.39 Å². The summed E-state index contributed by atoms with van der Waals surface area (Å²) >= 11 is 0. The number of nitrogens with two attached hydrogens (primary N) is 1. The number of hydrogen-bond donors (Lipinski definition) is 5. The number of likely N-dealkylation sites (N-methyl/N-ethyl adjacent to an activating group) is 2. The molecule has 4 aliphatic rings. The van der Waals surface area contributed by atoms with Crippen LogP contribution in [0, 0.1) is 17.7 Å². The second kappa shape index (κ2) is 9.93. The highest BCUT2D eigenvalue weighted by Gasteiger charge is 2.63. The molecule has 1 fully saturated rings. The first-order valence-electron chi connectivity index (χ1n) is 13.4. The summed E-state index contributed by atoms with van der Waals surface area (Å²) in [5, 5.41) is 45.0. The fraction of sp³-hybridized carbons (Fsp3) is 0.500. The van der Waals surface area contributed by atoms with Gasteiger partial charge in [0.2, 0.25) is 11.7 Å². The van der Waals surface area contributed by atoms with Gasteiger partial charge in [0.1, 0.15) is 22.9 Å². The summed E-state index contributed by atoms with van der Waals surface area (Å²) in [6.45, 7) is 1.51. The van der Waals surface area contributed by atoms with Gasteiger partial charge in [0.25, 0.3) is 5.91 Å². The van der Waals surface area contributed by atoms with Crippen molar-refractivity contribution in [1.82, 2.24) is 9.80 Å². The Morgan fingerprint density at radius 2 is 1.78 bits per heavy atom. The van der Waals surface area contributed by atoms with E-state index in [0.717, 1.165) is 36.9 Å². The van der Waals surface area contributed by atoms with Crippen molar-refractivity contribution in [2.24, 2.45) is 17.6 Å². The summed E-state index contributed by atoms with van der Waals surface area (Å²) in [4.78, 5) is 56.6. The summed E-state index contributed by atoms with van der Waals surface area (Å²) in [6.07, 6.45) is 1.57. The number of ketones is 2. The lowest BCUT2D eigenvalue weighted by atomic mass is 9.58. The Kier molecular flexibility index (Phi) is 6.95. The molecule has 220 valence electrons. The first-order chi connectivity index (χ1) is 19.2. The molecule has 1 aromatic carbocycles. The van der Waals surface area contributed by atoms with Gasteiger partial charge in [0.15, 0.2) is 17.1 Å². The first kappa shape index (κ1) is 28.7. The summed E-state index contributed by atoms with van der Waals surface area (Å²) in [7, 11) is 4.40. The summed E-state index contributed by atoms with van der Waals surface area (Å²) in [5.41, 5.74) is 0.372. The number of amides is 2. The number of hydrogen-bond acceptors (Lipinski definition) is 10. The van der Waals surface area contributed by atoms with Gasteiger partial charge < -0.3 is 31.1 Å². The number of carbonyl (C=O) groups excluding carboxylic acids is 4. The predicted molar refractivity (Wildman–Crippen MR) is 143 cm³/mol. The second-order valence-corrected chi connectivity index (χ2v) is 11.5. The van der Waals surface area contributed by atoms with Gasteiger partial charge in [0.05, 0.1) is 23.8 Å². The van der Waals surface area contributed by atoms with Crippen LogP contribution in [0.4, 0.5) is 10.1 Å². The second-order valence-electron chi connectivity index (χ2n) is 11.5. The highest BCUT2D eigenvalue weighted by atomic mass is 19.1. The summed E-state index contributed by atoms with van der Waals surface area (Å²) in [5.74, 6) is -9.47. The molecule has 13 heteroatoms. The normalized spacial score (nSPS) is 28.1. The highest BCUT2D eigenvalue weighted by Crippen LogP contribution is 2.53. The highest BCUT2D eigenvalue weighted by molar-refractivity contribution is 6.25. The van der Waals surface area contributed by atoms with Gasteiger partial charge in [-0.3, -0.25) is 29.0 Å². The number of anilines is 1. The smallest absolute Gasteiger partial charge is 0.255 e. The largest absolute Gasteiger partial charge is 0.510 e. The Morgan fingerprint density at radius 1 is 1.15 bits per heavy atom. The van der Waals surface area contributed by atoms with Crippen molar-refractivity contribution in [3.8, 4) is 5.75 Å². The number of halogens is 1. The van der Waals surface area contributed by atoms with Crippen molar-refractivity contribution in [1.29, 1.82) is 0 Å². The minimum atomic E-state index is -2.79. The molecule has 0 spiro atoms. The molecule has 3 aliphatic carbocycles. The van der Waals surface area contributed by atoms with E-state index < -0.39 is 86.7 Å². The molecule has 0 aromatic heterocycles. The average Bonchev–Trinajstić information content (AvgIpc) is 3.40. The minimum Gasteiger partial charge on any atom is -0.510 e. The molecule has 1 aromatic rings. The zero-order chi connectivity index (χ0) is 30.1. The maximum absolute atomic E-state index is 15.5. The number of primary amides is 1. The topological polar surface area (TPSA) is 185 Å². The maximum atomic E-state index is 15.5. The molecule has 41 heavy (non-hydrogen) atoms. The Balaban J connectivity index is 1.61. The van der Waals surface area contributed by atoms with E-state index in [9.17, 15) is 39.6 Å². The lowest BCUT2D eigenvalue weighted by molar-refractivity contribution is -0.148. The van der Waals surface area contributed by atoms with E-state index >= 15 is 4.39 Å². The number of likely N-dealkylation sites (tertiary alicyclic amines) is 1. The van der Waals surface area contributed by atoms with Crippen molar-refractivity contribution >= 4 is 29.1 Å². The predicted octanol–water partition coefficient (Wildman–Crippen LogP) is 0.318. The molecule has 4 atom stereocenters. The standard InChI is InChI=1S/C28H33FN4O8/c1-31(2)21-14-9-12-8-13-15(29)10-16(32(3)17(34)11-33-6-4-5-7-33)22(35)19(13)23(36)18(12)25(38)28(14,41)26(39)20(24(21)37)27(30)40/h10,12,14,21,35,37-38,41H,4-9,11H2,1-3H3,(H2,30,40)/t12-,14-,21-,28-/m0/s1. The van der Waals surface area contributed by atoms with Crippen molar-refractivity contribution in [2.75, 3.05) is 45.7 Å². The Bertz CT molecular complexity index is 1450. The number of allylic oxidation sites excluding steroid dienone is 1. The van der Waals surface area contributed by atoms with E-state index in [2.05, 4.69) is 0 Å². The number of carbonyl (C=O) groups is 4. The number of phenolic OH excluding ortho intramolecular Hbond substituents is 1. The molecule has 6 N–H and O–H groups in total. The lowest BCUT2D eigenvalue weighted by Gasteiger charge is -2.50. The monoisotopic (exact) mass is 572 g/mol. The van der Waals surface area contributed by atoms with Gasteiger partial charge in [-0.05, 0) is 58.8 Å². The van der Waals surface area contributed by atoms with Crippen molar-refractivity contribution in [2.45, 2.75) is 37.3 Å². The molecular formula is C28H33FN4O8. The summed E-state index contributed by atoms with van der Waals surface area (Å²) in [6, 6.07) is -0.159. The third-order valence-corrected chi connectivity index (χ3v) is 8.94. The Morgan fingerprint density at radius 3 is 2.37 bits per heavy atom. The molecule has 1 heterocycles. The third-order valence-electron chi connectivity index (χ3n) is 8.94. The SMILES string of the molecule is CN(C(=O)CN1CCCC1)c1cc(F)c2c(c1O)C(=O)C1=C(O)[C@]3(O)C(=O)C(C(N)=O)=C(O)[C@@H](N(C)C)[C@@H]3C[C@@H]1C2. The fourth-order valence-electron chi connectivity index (χ4n) is 6.89. The van der Waals surface area contributed by atoms with Gasteiger partial charge in [-0.15, -0.1) is 0 Å². The number of rotatable bonds is 5. The quantitative estimate of drug-likeness (QED) is 0.308. The number of aliphatic hydroxyl groups is 3. The number of Topliss-reactive ketones (excluding diaryl/α,β-unsaturated/α-hetero) is 2. The van der Waals surface area contributed by atoms with E-state index in [0.29, 0.717) is 0 Å². The Labute approximate surface area is 235 Å². The molecule has 0 saturated carbocycles. The number of benzene rings is 1. The molecule has 5 rings (SSSR count). The van der Waals surface area contributed by atoms with Crippen LogP contribution in [0.2, 0.25) is 0 Å². The Hall–Kier alpha value is -3.81. The van der Waals surface area contributed by atoms with Crippen LogP contribution in [-0.4, -0.2) is 106 Å². The van der Waals surface area contributed by atoms with E-state index in [1.54, 1.807) is 0 Å². The number of nitrogens with zero attached hydrogens (tertiary/aromatic N) is 3. The molecule has 0 bridgehead atoms. The lowest BCUT2D eigenvalue weighted by Crippen LogP contribution is -2.63. The van der Waals surface area contributed by atoms with Crippen LogP contribution in [0.25, 0.3) is 0 Å². The molecular weight excluding hydrogens is 539 g/mol. The van der Waals surface area contributed by atoms with Crippen LogP contribution < -0.4 is 10.6 Å². The molecule has 12 nitrogen and oxygen atoms in total. The van der Waals surface area contributed by atoms with Crippen molar-refractivity contribution in [3.63, 3.8) is 0 Å². The number of phenols is 1. The van der Waals surface area contributed by atoms with Crippen molar-refractivity contribution in [3.05, 3.63) is 45.7 Å². The average molecular weight is 573 g/mol. The van der Waals surface area contributed by atoms with E-state index in [-0.39, 0.29) is 30.6 Å². The van der Waals surface area contributed by atoms with Crippen LogP contribution in [0.3, 0.4) is 0 Å². The third kappa shape index (κ3) is 4.13.